The van der Waals surface area contributed by atoms with Crippen LogP contribution in [-0.2, 0) is 0 Å². The van der Waals surface area contributed by atoms with Gasteiger partial charge >= 0.3 is 0 Å². The van der Waals surface area contributed by atoms with Crippen LogP contribution in [0, 0.1) is 11.8 Å². The molecule has 1 rings (SSSR count). The van der Waals surface area contributed by atoms with Gasteiger partial charge in [0.15, 0.2) is 0 Å². The molecule has 1 saturated heterocycles. The van der Waals surface area contributed by atoms with Crippen LogP contribution in [0.1, 0.15) is 39.5 Å². The van der Waals surface area contributed by atoms with Gasteiger partial charge < -0.3 is 10.6 Å². The van der Waals surface area contributed by atoms with E-state index in [-0.39, 0.29) is 0 Å². The summed E-state index contributed by atoms with van der Waals surface area (Å²) in [4.78, 5) is 2.63. The molecule has 0 aromatic carbocycles. The van der Waals surface area contributed by atoms with E-state index in [2.05, 4.69) is 18.7 Å². The van der Waals surface area contributed by atoms with E-state index in [0.717, 1.165) is 18.4 Å². The van der Waals surface area contributed by atoms with Crippen molar-refractivity contribution in [2.75, 3.05) is 26.2 Å². The van der Waals surface area contributed by atoms with Gasteiger partial charge in [-0.1, -0.05) is 13.8 Å². The van der Waals surface area contributed by atoms with Gasteiger partial charge in [0, 0.05) is 13.1 Å². The number of hydrogen-bond donors (Lipinski definition) is 1. The van der Waals surface area contributed by atoms with E-state index in [1.54, 1.807) is 0 Å². The van der Waals surface area contributed by atoms with Crippen LogP contribution in [0.5, 0.6) is 0 Å². The third kappa shape index (κ3) is 4.43. The first kappa shape index (κ1) is 12.0. The van der Waals surface area contributed by atoms with Crippen molar-refractivity contribution < 1.29 is 0 Å². The predicted molar refractivity (Wildman–Crippen MR) is 62.3 cm³/mol. The SMILES string of the molecule is CC(CCCN)CN1CCCC(C)C1. The first-order chi connectivity index (χ1) is 6.72. The minimum absolute atomic E-state index is 0.823. The zero-order valence-electron chi connectivity index (χ0n) is 9.84. The Morgan fingerprint density at radius 2 is 2.29 bits per heavy atom. The number of rotatable bonds is 5. The second-order valence-electron chi connectivity index (χ2n) is 5.04. The van der Waals surface area contributed by atoms with Crippen molar-refractivity contribution in [1.29, 1.82) is 0 Å². The smallest absolute Gasteiger partial charge is 0.000714 e. The van der Waals surface area contributed by atoms with Gasteiger partial charge in [0.25, 0.3) is 0 Å². The molecule has 0 radical (unpaired) electrons. The molecule has 2 nitrogen and oxygen atoms in total. The molecule has 1 fully saturated rings. The number of hydrogen-bond acceptors (Lipinski definition) is 2. The number of nitrogens with zero attached hydrogens (tertiary/aromatic N) is 1. The second-order valence-corrected chi connectivity index (χ2v) is 5.04. The Morgan fingerprint density at radius 1 is 1.50 bits per heavy atom. The Bertz CT molecular complexity index is 147. The lowest BCUT2D eigenvalue weighted by Crippen LogP contribution is -2.37. The fourth-order valence-corrected chi connectivity index (χ4v) is 2.45. The van der Waals surface area contributed by atoms with Crippen LogP contribution in [-0.4, -0.2) is 31.1 Å². The van der Waals surface area contributed by atoms with E-state index in [4.69, 9.17) is 5.73 Å². The van der Waals surface area contributed by atoms with Gasteiger partial charge in [-0.25, -0.2) is 0 Å². The van der Waals surface area contributed by atoms with E-state index in [1.807, 2.05) is 0 Å². The van der Waals surface area contributed by atoms with Crippen LogP contribution in [0.3, 0.4) is 0 Å². The maximum absolute atomic E-state index is 5.52. The molecule has 2 atom stereocenters. The predicted octanol–water partition coefficient (Wildman–Crippen LogP) is 2.09. The highest BCUT2D eigenvalue weighted by molar-refractivity contribution is 4.71. The zero-order chi connectivity index (χ0) is 10.4. The molecule has 84 valence electrons. The molecule has 0 aromatic rings. The topological polar surface area (TPSA) is 29.3 Å². The van der Waals surface area contributed by atoms with Crippen molar-refractivity contribution in [3.63, 3.8) is 0 Å². The molecule has 0 spiro atoms. The fourth-order valence-electron chi connectivity index (χ4n) is 2.45. The second kappa shape index (κ2) is 6.41. The van der Waals surface area contributed by atoms with Crippen LogP contribution >= 0.6 is 0 Å². The average molecular weight is 198 g/mol. The Kier molecular flexibility index (Phi) is 5.49. The minimum Gasteiger partial charge on any atom is -0.330 e. The lowest BCUT2D eigenvalue weighted by molar-refractivity contribution is 0.160. The summed E-state index contributed by atoms with van der Waals surface area (Å²) in [5.74, 6) is 1.73. The van der Waals surface area contributed by atoms with E-state index in [1.165, 1.54) is 45.3 Å². The molecule has 14 heavy (non-hydrogen) atoms. The lowest BCUT2D eigenvalue weighted by atomic mass is 9.98. The molecule has 1 aliphatic rings. The van der Waals surface area contributed by atoms with Crippen molar-refractivity contribution in [3.8, 4) is 0 Å². The molecule has 2 unspecified atom stereocenters. The molecular formula is C12H26N2. The van der Waals surface area contributed by atoms with Crippen molar-refractivity contribution >= 4 is 0 Å². The maximum atomic E-state index is 5.52. The van der Waals surface area contributed by atoms with Crippen molar-refractivity contribution in [3.05, 3.63) is 0 Å². The van der Waals surface area contributed by atoms with Gasteiger partial charge in [0.1, 0.15) is 0 Å². The summed E-state index contributed by atoms with van der Waals surface area (Å²) in [6, 6.07) is 0. The summed E-state index contributed by atoms with van der Waals surface area (Å²) in [6.45, 7) is 9.49. The number of likely N-dealkylation sites (tertiary alicyclic amines) is 1. The lowest BCUT2D eigenvalue weighted by Gasteiger charge is -2.32. The summed E-state index contributed by atoms with van der Waals surface area (Å²) in [5.41, 5.74) is 5.52. The maximum Gasteiger partial charge on any atom is 0.000714 e. The Labute approximate surface area is 88.8 Å². The fraction of sp³-hybridized carbons (Fsp3) is 1.00. The van der Waals surface area contributed by atoms with Gasteiger partial charge in [-0.3, -0.25) is 0 Å². The molecule has 2 N–H and O–H groups in total. The highest BCUT2D eigenvalue weighted by Gasteiger charge is 2.17. The minimum atomic E-state index is 0.823. The van der Waals surface area contributed by atoms with Gasteiger partial charge in [-0.2, -0.15) is 0 Å². The van der Waals surface area contributed by atoms with E-state index in [0.29, 0.717) is 0 Å². The zero-order valence-corrected chi connectivity index (χ0v) is 9.84. The van der Waals surface area contributed by atoms with Gasteiger partial charge in [0.2, 0.25) is 0 Å². The normalized spacial score (nSPS) is 26.4. The van der Waals surface area contributed by atoms with E-state index < -0.39 is 0 Å². The van der Waals surface area contributed by atoms with Gasteiger partial charge in [0.05, 0.1) is 0 Å². The summed E-state index contributed by atoms with van der Waals surface area (Å²) >= 11 is 0. The number of nitrogens with two attached hydrogens (primary N) is 1. The van der Waals surface area contributed by atoms with Crippen LogP contribution in [0.25, 0.3) is 0 Å². The summed E-state index contributed by atoms with van der Waals surface area (Å²) in [5, 5.41) is 0. The quantitative estimate of drug-likeness (QED) is 0.733. The van der Waals surface area contributed by atoms with Gasteiger partial charge in [-0.15, -0.1) is 0 Å². The third-order valence-electron chi connectivity index (χ3n) is 3.21. The molecule has 2 heteroatoms. The Morgan fingerprint density at radius 3 is 2.93 bits per heavy atom. The monoisotopic (exact) mass is 198 g/mol. The van der Waals surface area contributed by atoms with Crippen LogP contribution in [0.4, 0.5) is 0 Å². The molecular weight excluding hydrogens is 172 g/mol. The molecule has 0 aromatic heterocycles. The molecule has 1 aliphatic heterocycles. The van der Waals surface area contributed by atoms with Crippen molar-refractivity contribution in [2.45, 2.75) is 39.5 Å². The largest absolute Gasteiger partial charge is 0.330 e. The molecule has 0 aliphatic carbocycles. The standard InChI is InChI=1S/C12H26N2/c1-11(5-3-7-13)9-14-8-4-6-12(2)10-14/h11-12H,3-10,13H2,1-2H3. The van der Waals surface area contributed by atoms with E-state index in [9.17, 15) is 0 Å². The molecule has 0 bridgehead atoms. The first-order valence-electron chi connectivity index (χ1n) is 6.14. The summed E-state index contributed by atoms with van der Waals surface area (Å²) in [7, 11) is 0. The van der Waals surface area contributed by atoms with Crippen LogP contribution in [0.15, 0.2) is 0 Å². The molecule has 0 amide bonds. The Balaban J connectivity index is 2.15. The van der Waals surface area contributed by atoms with Crippen LogP contribution < -0.4 is 5.73 Å². The van der Waals surface area contributed by atoms with Crippen molar-refractivity contribution in [2.24, 2.45) is 17.6 Å². The summed E-state index contributed by atoms with van der Waals surface area (Å²) < 4.78 is 0. The van der Waals surface area contributed by atoms with Crippen molar-refractivity contribution in [1.82, 2.24) is 4.90 Å². The van der Waals surface area contributed by atoms with E-state index >= 15 is 0 Å². The molecule has 0 saturated carbocycles. The average Bonchev–Trinajstić information content (AvgIpc) is 2.15. The van der Waals surface area contributed by atoms with Crippen LogP contribution in [0.2, 0.25) is 0 Å². The molecule has 1 heterocycles. The van der Waals surface area contributed by atoms with Gasteiger partial charge in [-0.05, 0) is 50.6 Å². The third-order valence-corrected chi connectivity index (χ3v) is 3.21. The highest BCUT2D eigenvalue weighted by Crippen LogP contribution is 2.17. The summed E-state index contributed by atoms with van der Waals surface area (Å²) in [6.07, 6.45) is 5.30. The Hall–Kier alpha value is -0.0800. The number of piperidine rings is 1. The highest BCUT2D eigenvalue weighted by atomic mass is 15.1. The first-order valence-corrected chi connectivity index (χ1v) is 6.14.